The Morgan fingerprint density at radius 1 is 1.50 bits per heavy atom. The Morgan fingerprint density at radius 2 is 2.31 bits per heavy atom. The van der Waals surface area contributed by atoms with Crippen LogP contribution in [-0.4, -0.2) is 14.8 Å². The van der Waals surface area contributed by atoms with Crippen LogP contribution in [0.1, 0.15) is 6.92 Å². The monoisotopic (exact) mass is 216 g/mol. The summed E-state index contributed by atoms with van der Waals surface area (Å²) in [5.41, 5.74) is 7.09. The van der Waals surface area contributed by atoms with Crippen molar-refractivity contribution < 1.29 is 0 Å². The second kappa shape index (κ2) is 4.14. The molecule has 0 unspecified atom stereocenters. The smallest absolute Gasteiger partial charge is 0.289 e. The number of aryl methyl sites for hydroxylation is 1. The summed E-state index contributed by atoms with van der Waals surface area (Å²) >= 11 is 0. The maximum Gasteiger partial charge on any atom is 0.289 e. The maximum absolute atomic E-state index is 11.5. The molecule has 0 aromatic carbocycles. The predicted molar refractivity (Wildman–Crippen MR) is 61.8 cm³/mol. The zero-order valence-electron chi connectivity index (χ0n) is 8.92. The van der Waals surface area contributed by atoms with Gasteiger partial charge in [-0.2, -0.15) is 5.10 Å². The van der Waals surface area contributed by atoms with E-state index in [1.54, 1.807) is 18.5 Å². The van der Waals surface area contributed by atoms with Gasteiger partial charge in [-0.25, -0.2) is 4.68 Å². The van der Waals surface area contributed by atoms with Crippen LogP contribution in [0.25, 0.3) is 11.3 Å². The summed E-state index contributed by atoms with van der Waals surface area (Å²) in [5, 5.41) is 4.21. The Labute approximate surface area is 92.6 Å². The molecule has 2 rings (SSSR count). The summed E-state index contributed by atoms with van der Waals surface area (Å²) in [4.78, 5) is 15.5. The minimum Gasteiger partial charge on any atom is -0.394 e. The number of pyridine rings is 1. The highest BCUT2D eigenvalue weighted by Gasteiger charge is 2.06. The van der Waals surface area contributed by atoms with E-state index in [-0.39, 0.29) is 11.2 Å². The zero-order chi connectivity index (χ0) is 11.5. The Bertz CT molecular complexity index is 548. The molecule has 0 saturated heterocycles. The molecule has 0 aliphatic rings. The number of nitrogens with two attached hydrogens (primary N) is 1. The van der Waals surface area contributed by atoms with Gasteiger partial charge < -0.3 is 5.73 Å². The fourth-order valence-corrected chi connectivity index (χ4v) is 1.43. The van der Waals surface area contributed by atoms with Gasteiger partial charge in [0.25, 0.3) is 5.56 Å². The number of hydrogen-bond donors (Lipinski definition) is 1. The average molecular weight is 216 g/mol. The second-order valence-electron chi connectivity index (χ2n) is 3.35. The Morgan fingerprint density at radius 3 is 2.94 bits per heavy atom. The Hall–Kier alpha value is -2.17. The molecule has 0 spiro atoms. The Balaban J connectivity index is 2.60. The highest BCUT2D eigenvalue weighted by Crippen LogP contribution is 2.15. The van der Waals surface area contributed by atoms with E-state index in [2.05, 4.69) is 10.1 Å². The van der Waals surface area contributed by atoms with Crippen LogP contribution >= 0.6 is 0 Å². The van der Waals surface area contributed by atoms with Gasteiger partial charge in [0, 0.05) is 24.5 Å². The topological polar surface area (TPSA) is 73.8 Å². The van der Waals surface area contributed by atoms with Crippen LogP contribution in [0.5, 0.6) is 0 Å². The van der Waals surface area contributed by atoms with Gasteiger partial charge in [-0.3, -0.25) is 9.78 Å². The molecule has 5 heteroatoms. The summed E-state index contributed by atoms with van der Waals surface area (Å²) < 4.78 is 1.34. The third-order valence-corrected chi connectivity index (χ3v) is 2.26. The molecule has 2 aromatic rings. The van der Waals surface area contributed by atoms with Gasteiger partial charge in [-0.15, -0.1) is 0 Å². The van der Waals surface area contributed by atoms with E-state index in [0.717, 1.165) is 5.56 Å². The lowest BCUT2D eigenvalue weighted by Crippen LogP contribution is -2.24. The van der Waals surface area contributed by atoms with Crippen molar-refractivity contribution in [1.82, 2.24) is 14.8 Å². The lowest BCUT2D eigenvalue weighted by Gasteiger charge is -2.06. The number of hydrogen-bond acceptors (Lipinski definition) is 4. The average Bonchev–Trinajstić information content (AvgIpc) is 2.33. The van der Waals surface area contributed by atoms with Gasteiger partial charge in [0.05, 0.1) is 5.69 Å². The molecular weight excluding hydrogens is 204 g/mol. The van der Waals surface area contributed by atoms with Gasteiger partial charge in [-0.05, 0) is 25.1 Å². The lowest BCUT2D eigenvalue weighted by atomic mass is 10.2. The van der Waals surface area contributed by atoms with Crippen molar-refractivity contribution in [3.63, 3.8) is 0 Å². The molecule has 0 aliphatic carbocycles. The quantitative estimate of drug-likeness (QED) is 0.809. The summed E-state index contributed by atoms with van der Waals surface area (Å²) in [7, 11) is 0. The normalized spacial score (nSPS) is 10.3. The van der Waals surface area contributed by atoms with Crippen molar-refractivity contribution in [3.8, 4) is 11.3 Å². The Kier molecular flexibility index (Phi) is 2.68. The number of aromatic nitrogens is 3. The van der Waals surface area contributed by atoms with Crippen molar-refractivity contribution in [2.45, 2.75) is 13.5 Å². The molecular formula is C11H12N4O. The van der Waals surface area contributed by atoms with Crippen molar-refractivity contribution in [3.05, 3.63) is 40.9 Å². The molecule has 5 nitrogen and oxygen atoms in total. The summed E-state index contributed by atoms with van der Waals surface area (Å²) in [5.74, 6) is 0. The zero-order valence-corrected chi connectivity index (χ0v) is 8.92. The van der Waals surface area contributed by atoms with E-state index in [1.807, 2.05) is 19.1 Å². The molecule has 82 valence electrons. The highest BCUT2D eigenvalue weighted by atomic mass is 16.1. The van der Waals surface area contributed by atoms with E-state index in [9.17, 15) is 4.79 Å². The van der Waals surface area contributed by atoms with Gasteiger partial charge in [-0.1, -0.05) is 0 Å². The highest BCUT2D eigenvalue weighted by molar-refractivity contribution is 5.60. The van der Waals surface area contributed by atoms with Crippen molar-refractivity contribution >= 4 is 5.69 Å². The largest absolute Gasteiger partial charge is 0.394 e. The third-order valence-electron chi connectivity index (χ3n) is 2.26. The van der Waals surface area contributed by atoms with E-state index in [4.69, 9.17) is 5.73 Å². The minimum absolute atomic E-state index is 0.204. The van der Waals surface area contributed by atoms with Gasteiger partial charge in [0.15, 0.2) is 0 Å². The summed E-state index contributed by atoms with van der Waals surface area (Å²) in [6, 6.07) is 5.26. The summed E-state index contributed by atoms with van der Waals surface area (Å²) in [6.07, 6.45) is 3.37. The number of anilines is 1. The van der Waals surface area contributed by atoms with Crippen LogP contribution in [0.2, 0.25) is 0 Å². The van der Waals surface area contributed by atoms with Gasteiger partial charge >= 0.3 is 0 Å². The van der Waals surface area contributed by atoms with Crippen LogP contribution in [-0.2, 0) is 6.54 Å². The summed E-state index contributed by atoms with van der Waals surface area (Å²) in [6.45, 7) is 2.35. The van der Waals surface area contributed by atoms with E-state index >= 15 is 0 Å². The predicted octanol–water partition coefficient (Wildman–Crippen LogP) is 0.907. The van der Waals surface area contributed by atoms with Crippen molar-refractivity contribution in [2.24, 2.45) is 0 Å². The first-order valence-corrected chi connectivity index (χ1v) is 5.00. The lowest BCUT2D eigenvalue weighted by molar-refractivity contribution is 0.621. The molecule has 0 aliphatic heterocycles. The van der Waals surface area contributed by atoms with Crippen LogP contribution < -0.4 is 11.3 Å². The molecule has 2 heterocycles. The second-order valence-corrected chi connectivity index (χ2v) is 3.35. The molecule has 0 saturated carbocycles. The van der Waals surface area contributed by atoms with Gasteiger partial charge in [0.2, 0.25) is 0 Å². The molecule has 0 bridgehead atoms. The standard InChI is InChI=1S/C11H12N4O/c1-2-15-11(16)9(12)6-10(14-15)8-4-3-5-13-7-8/h3-7H,2,12H2,1H3. The maximum atomic E-state index is 11.5. The molecule has 0 amide bonds. The first-order valence-electron chi connectivity index (χ1n) is 5.00. The number of nitrogens with zero attached hydrogens (tertiary/aromatic N) is 3. The molecule has 0 atom stereocenters. The first kappa shape index (κ1) is 10.4. The van der Waals surface area contributed by atoms with Crippen molar-refractivity contribution in [1.29, 1.82) is 0 Å². The number of nitrogen functional groups attached to an aromatic ring is 1. The van der Waals surface area contributed by atoms with Crippen LogP contribution in [0.3, 0.4) is 0 Å². The van der Waals surface area contributed by atoms with Crippen LogP contribution in [0.15, 0.2) is 35.4 Å². The van der Waals surface area contributed by atoms with Gasteiger partial charge in [0.1, 0.15) is 5.69 Å². The van der Waals surface area contributed by atoms with Crippen molar-refractivity contribution in [2.75, 3.05) is 5.73 Å². The molecule has 2 aromatic heterocycles. The minimum atomic E-state index is -0.254. The van der Waals surface area contributed by atoms with E-state index < -0.39 is 0 Å². The SMILES string of the molecule is CCn1nc(-c2cccnc2)cc(N)c1=O. The molecule has 0 fully saturated rings. The fraction of sp³-hybridized carbons (Fsp3) is 0.182. The van der Waals surface area contributed by atoms with E-state index in [0.29, 0.717) is 12.2 Å². The first-order chi connectivity index (χ1) is 7.72. The third kappa shape index (κ3) is 1.79. The fourth-order valence-electron chi connectivity index (χ4n) is 1.43. The number of rotatable bonds is 2. The van der Waals surface area contributed by atoms with E-state index in [1.165, 1.54) is 4.68 Å². The van der Waals surface area contributed by atoms with Crippen LogP contribution in [0, 0.1) is 0 Å². The molecule has 0 radical (unpaired) electrons. The molecule has 16 heavy (non-hydrogen) atoms. The van der Waals surface area contributed by atoms with Crippen LogP contribution in [0.4, 0.5) is 5.69 Å². The molecule has 2 N–H and O–H groups in total.